The number of aromatic nitrogens is 3. The quantitative estimate of drug-likeness (QED) is 0.504. The molecule has 1 atom stereocenters. The summed E-state index contributed by atoms with van der Waals surface area (Å²) in [6, 6.07) is 14.0. The summed E-state index contributed by atoms with van der Waals surface area (Å²) >= 11 is 7.18. The van der Waals surface area contributed by atoms with Crippen molar-refractivity contribution in [2.45, 2.75) is 23.8 Å². The average Bonchev–Trinajstić information content (AvgIpc) is 2.63. The smallest absolute Gasteiger partial charge is 0.320 e. The SMILES string of the molecule is C[C@H](Sc1ccc(Cl)cc1)C(=O)OCn1nnc2ccccc2c1=O. The molecule has 0 saturated carbocycles. The Hall–Kier alpha value is -2.38. The monoisotopic (exact) mass is 375 g/mol. The molecule has 3 rings (SSSR count). The number of hydrogen-bond acceptors (Lipinski definition) is 6. The fraction of sp³-hybridized carbons (Fsp3) is 0.176. The molecule has 0 aliphatic heterocycles. The number of hydrogen-bond donors (Lipinski definition) is 0. The van der Waals surface area contributed by atoms with Crippen LogP contribution in [0, 0.1) is 0 Å². The fourth-order valence-electron chi connectivity index (χ4n) is 2.12. The van der Waals surface area contributed by atoms with Crippen LogP contribution in [0.25, 0.3) is 10.9 Å². The molecule has 25 heavy (non-hydrogen) atoms. The van der Waals surface area contributed by atoms with E-state index in [9.17, 15) is 9.59 Å². The minimum Gasteiger partial charge on any atom is -0.441 e. The maximum absolute atomic E-state index is 12.3. The molecule has 1 aromatic heterocycles. The van der Waals surface area contributed by atoms with E-state index in [0.29, 0.717) is 15.9 Å². The number of carbonyl (C=O) groups is 1. The van der Waals surface area contributed by atoms with Crippen molar-refractivity contribution in [1.29, 1.82) is 0 Å². The zero-order valence-corrected chi connectivity index (χ0v) is 14.8. The second kappa shape index (κ2) is 7.67. The van der Waals surface area contributed by atoms with Crippen molar-refractivity contribution in [3.8, 4) is 0 Å². The van der Waals surface area contributed by atoms with Gasteiger partial charge in [-0.1, -0.05) is 28.9 Å². The molecule has 0 aliphatic rings. The van der Waals surface area contributed by atoms with Crippen molar-refractivity contribution in [1.82, 2.24) is 15.0 Å². The Balaban J connectivity index is 1.64. The van der Waals surface area contributed by atoms with E-state index in [1.807, 2.05) is 12.1 Å². The summed E-state index contributed by atoms with van der Waals surface area (Å²) in [5.41, 5.74) is 0.151. The van der Waals surface area contributed by atoms with Gasteiger partial charge in [0.05, 0.1) is 5.39 Å². The third-order valence-corrected chi connectivity index (χ3v) is 4.76. The van der Waals surface area contributed by atoms with Gasteiger partial charge in [-0.2, -0.15) is 4.68 Å². The van der Waals surface area contributed by atoms with Crippen molar-refractivity contribution in [2.24, 2.45) is 0 Å². The zero-order valence-electron chi connectivity index (χ0n) is 13.3. The maximum Gasteiger partial charge on any atom is 0.320 e. The number of benzene rings is 2. The molecule has 0 aliphatic carbocycles. The van der Waals surface area contributed by atoms with E-state index in [4.69, 9.17) is 16.3 Å². The van der Waals surface area contributed by atoms with Crippen molar-refractivity contribution < 1.29 is 9.53 Å². The van der Waals surface area contributed by atoms with Crippen LogP contribution in [0.1, 0.15) is 6.92 Å². The Morgan fingerprint density at radius 2 is 1.96 bits per heavy atom. The molecule has 0 amide bonds. The molecule has 8 heteroatoms. The van der Waals surface area contributed by atoms with Crippen LogP contribution < -0.4 is 5.56 Å². The predicted octanol–water partition coefficient (Wildman–Crippen LogP) is 3.13. The van der Waals surface area contributed by atoms with Crippen LogP contribution in [0.3, 0.4) is 0 Å². The van der Waals surface area contributed by atoms with Crippen LogP contribution in [-0.2, 0) is 16.3 Å². The highest BCUT2D eigenvalue weighted by Crippen LogP contribution is 2.25. The lowest BCUT2D eigenvalue weighted by molar-refractivity contribution is -0.147. The highest BCUT2D eigenvalue weighted by Gasteiger charge is 2.17. The molecule has 0 saturated heterocycles. The van der Waals surface area contributed by atoms with Crippen LogP contribution in [0.4, 0.5) is 0 Å². The van der Waals surface area contributed by atoms with Gasteiger partial charge in [0.25, 0.3) is 5.56 Å². The van der Waals surface area contributed by atoms with Crippen LogP contribution in [-0.4, -0.2) is 26.2 Å². The van der Waals surface area contributed by atoms with Gasteiger partial charge in [0.2, 0.25) is 0 Å². The Bertz CT molecular complexity index is 959. The highest BCUT2D eigenvalue weighted by atomic mass is 35.5. The Labute approximate surface area is 152 Å². The summed E-state index contributed by atoms with van der Waals surface area (Å²) in [6.07, 6.45) is 0. The molecular formula is C17H14ClN3O3S. The minimum atomic E-state index is -0.443. The van der Waals surface area contributed by atoms with Crippen molar-refractivity contribution in [2.75, 3.05) is 0 Å². The van der Waals surface area contributed by atoms with Crippen molar-refractivity contribution in [3.63, 3.8) is 0 Å². The number of carbonyl (C=O) groups excluding carboxylic acids is 1. The molecule has 6 nitrogen and oxygen atoms in total. The molecule has 0 N–H and O–H groups in total. The molecule has 128 valence electrons. The first-order valence-electron chi connectivity index (χ1n) is 7.46. The summed E-state index contributed by atoms with van der Waals surface area (Å²) in [6.45, 7) is 1.46. The summed E-state index contributed by atoms with van der Waals surface area (Å²) in [5.74, 6) is -0.443. The lowest BCUT2D eigenvalue weighted by atomic mass is 10.2. The standard InChI is InChI=1S/C17H14ClN3O3S/c1-11(25-13-8-6-12(18)7-9-13)17(23)24-10-21-16(22)14-4-2-3-5-15(14)19-20-21/h2-9,11H,10H2,1H3/t11-/m0/s1. The molecular weight excluding hydrogens is 362 g/mol. The molecule has 0 spiro atoms. The van der Waals surface area contributed by atoms with Gasteiger partial charge in [-0.3, -0.25) is 9.59 Å². The summed E-state index contributed by atoms with van der Waals surface area (Å²) in [5, 5.41) is 8.35. The number of rotatable bonds is 5. The zero-order chi connectivity index (χ0) is 17.8. The first kappa shape index (κ1) is 17.4. The van der Waals surface area contributed by atoms with Crippen LogP contribution >= 0.6 is 23.4 Å². The van der Waals surface area contributed by atoms with Gasteiger partial charge >= 0.3 is 5.97 Å². The lowest BCUT2D eigenvalue weighted by Crippen LogP contribution is -2.28. The molecule has 0 unspecified atom stereocenters. The van der Waals surface area contributed by atoms with E-state index in [2.05, 4.69) is 10.3 Å². The van der Waals surface area contributed by atoms with Crippen molar-refractivity contribution >= 4 is 40.2 Å². The van der Waals surface area contributed by atoms with Gasteiger partial charge in [-0.05, 0) is 43.3 Å². The Morgan fingerprint density at radius 3 is 2.72 bits per heavy atom. The van der Waals surface area contributed by atoms with Crippen LogP contribution in [0.15, 0.2) is 58.2 Å². The fourth-order valence-corrected chi connectivity index (χ4v) is 3.11. The van der Waals surface area contributed by atoms with E-state index >= 15 is 0 Å². The third-order valence-electron chi connectivity index (χ3n) is 3.42. The predicted molar refractivity (Wildman–Crippen MR) is 96.7 cm³/mol. The number of thioether (sulfide) groups is 1. The van der Waals surface area contributed by atoms with Gasteiger partial charge in [0.1, 0.15) is 10.8 Å². The molecule has 2 aromatic carbocycles. The van der Waals surface area contributed by atoms with E-state index in [0.717, 1.165) is 9.58 Å². The van der Waals surface area contributed by atoms with E-state index in [1.165, 1.54) is 11.8 Å². The normalized spacial score (nSPS) is 12.1. The second-order valence-corrected chi connectivity index (χ2v) is 7.07. The first-order valence-corrected chi connectivity index (χ1v) is 8.72. The first-order chi connectivity index (χ1) is 12.0. The highest BCUT2D eigenvalue weighted by molar-refractivity contribution is 8.00. The van der Waals surface area contributed by atoms with E-state index < -0.39 is 11.2 Å². The van der Waals surface area contributed by atoms with Gasteiger partial charge in [-0.25, -0.2) is 0 Å². The van der Waals surface area contributed by atoms with Gasteiger partial charge in [-0.15, -0.1) is 16.9 Å². The summed E-state index contributed by atoms with van der Waals surface area (Å²) in [7, 11) is 0. The number of ether oxygens (including phenoxy) is 1. The van der Waals surface area contributed by atoms with Crippen LogP contribution in [0.2, 0.25) is 5.02 Å². The maximum atomic E-state index is 12.3. The Morgan fingerprint density at radius 1 is 1.24 bits per heavy atom. The molecule has 3 aromatic rings. The number of halogens is 1. The topological polar surface area (TPSA) is 74.1 Å². The Kier molecular flexibility index (Phi) is 5.35. The second-order valence-electron chi connectivity index (χ2n) is 5.22. The minimum absolute atomic E-state index is 0.277. The number of esters is 1. The lowest BCUT2D eigenvalue weighted by Gasteiger charge is -2.11. The van der Waals surface area contributed by atoms with Crippen LogP contribution in [0.5, 0.6) is 0 Å². The largest absolute Gasteiger partial charge is 0.441 e. The van der Waals surface area contributed by atoms with E-state index in [-0.39, 0.29) is 12.3 Å². The molecule has 1 heterocycles. The summed E-state index contributed by atoms with van der Waals surface area (Å²) in [4.78, 5) is 25.3. The van der Waals surface area contributed by atoms with Gasteiger partial charge < -0.3 is 4.74 Å². The number of fused-ring (bicyclic) bond motifs is 1. The molecule has 0 radical (unpaired) electrons. The van der Waals surface area contributed by atoms with Gasteiger partial charge in [0, 0.05) is 9.92 Å². The third kappa shape index (κ3) is 4.18. The van der Waals surface area contributed by atoms with Gasteiger partial charge in [0.15, 0.2) is 6.73 Å². The summed E-state index contributed by atoms with van der Waals surface area (Å²) < 4.78 is 6.22. The van der Waals surface area contributed by atoms with Crippen molar-refractivity contribution in [3.05, 3.63) is 63.9 Å². The molecule has 0 bridgehead atoms. The average molecular weight is 376 g/mol. The number of nitrogens with zero attached hydrogens (tertiary/aromatic N) is 3. The van der Waals surface area contributed by atoms with E-state index in [1.54, 1.807) is 43.3 Å². The molecule has 0 fully saturated rings.